The molecule has 0 heterocycles. The van der Waals surface area contributed by atoms with Crippen LogP contribution in [0.5, 0.6) is 11.5 Å². The van der Waals surface area contributed by atoms with Crippen LogP contribution >= 0.6 is 0 Å². The summed E-state index contributed by atoms with van der Waals surface area (Å²) in [5, 5.41) is 11.1. The zero-order chi connectivity index (χ0) is 18.6. The van der Waals surface area contributed by atoms with Gasteiger partial charge in [0.25, 0.3) is 10.0 Å². The van der Waals surface area contributed by atoms with Gasteiger partial charge >= 0.3 is 0 Å². The Morgan fingerprint density at radius 3 is 2.24 bits per heavy atom. The summed E-state index contributed by atoms with van der Waals surface area (Å²) in [5.41, 5.74) is 0.871. The van der Waals surface area contributed by atoms with Crippen molar-refractivity contribution in [1.82, 2.24) is 0 Å². The second kappa shape index (κ2) is 7.43. The molecule has 2 aromatic carbocycles. The average molecular weight is 364 g/mol. The molecule has 0 spiro atoms. The van der Waals surface area contributed by atoms with E-state index in [1.165, 1.54) is 38.5 Å². The summed E-state index contributed by atoms with van der Waals surface area (Å²) in [7, 11) is -1.37. The SMILES string of the molecule is COc1ccc(N(CC(=O)[O-])S(=O)(=O)c2cc(C)ccc2OC)cc1. The molecule has 0 radical (unpaired) electrons. The van der Waals surface area contributed by atoms with Crippen LogP contribution in [0, 0.1) is 6.92 Å². The van der Waals surface area contributed by atoms with Gasteiger partial charge in [-0.2, -0.15) is 0 Å². The number of rotatable bonds is 7. The number of carbonyl (C=O) groups excluding carboxylic acids is 1. The van der Waals surface area contributed by atoms with Gasteiger partial charge in [0.2, 0.25) is 0 Å². The molecular weight excluding hydrogens is 346 g/mol. The summed E-state index contributed by atoms with van der Waals surface area (Å²) in [6, 6.07) is 10.7. The molecule has 25 heavy (non-hydrogen) atoms. The number of anilines is 1. The van der Waals surface area contributed by atoms with Gasteiger partial charge in [0.05, 0.1) is 32.4 Å². The number of hydrogen-bond donors (Lipinski definition) is 0. The van der Waals surface area contributed by atoms with Crippen LogP contribution in [0.15, 0.2) is 47.4 Å². The van der Waals surface area contributed by atoms with Crippen LogP contribution in [0.25, 0.3) is 0 Å². The summed E-state index contributed by atoms with van der Waals surface area (Å²) in [4.78, 5) is 11.0. The van der Waals surface area contributed by atoms with Gasteiger partial charge in [0.15, 0.2) is 0 Å². The quantitative estimate of drug-likeness (QED) is 0.726. The van der Waals surface area contributed by atoms with Gasteiger partial charge in [-0.3, -0.25) is 4.31 Å². The van der Waals surface area contributed by atoms with Crippen LogP contribution in [0.1, 0.15) is 5.56 Å². The highest BCUT2D eigenvalue weighted by atomic mass is 32.2. The zero-order valence-corrected chi connectivity index (χ0v) is 14.9. The highest BCUT2D eigenvalue weighted by Crippen LogP contribution is 2.31. The molecule has 0 aromatic heterocycles. The third-order valence-electron chi connectivity index (χ3n) is 3.52. The molecule has 2 rings (SSSR count). The molecule has 0 aliphatic rings. The molecule has 0 unspecified atom stereocenters. The van der Waals surface area contributed by atoms with Gasteiger partial charge in [-0.05, 0) is 48.9 Å². The Bertz CT molecular complexity index is 861. The van der Waals surface area contributed by atoms with E-state index in [-0.39, 0.29) is 16.3 Å². The number of methoxy groups -OCH3 is 2. The average Bonchev–Trinajstić information content (AvgIpc) is 2.59. The Kier molecular flexibility index (Phi) is 5.53. The van der Waals surface area contributed by atoms with Crippen molar-refractivity contribution in [3.05, 3.63) is 48.0 Å². The molecule has 0 atom stereocenters. The van der Waals surface area contributed by atoms with Gasteiger partial charge in [-0.25, -0.2) is 8.42 Å². The molecule has 134 valence electrons. The van der Waals surface area contributed by atoms with Crippen molar-refractivity contribution in [3.8, 4) is 11.5 Å². The lowest BCUT2D eigenvalue weighted by Crippen LogP contribution is -2.41. The van der Waals surface area contributed by atoms with Crippen LogP contribution in [-0.4, -0.2) is 35.2 Å². The molecule has 0 bridgehead atoms. The minimum atomic E-state index is -4.19. The zero-order valence-electron chi connectivity index (χ0n) is 14.1. The van der Waals surface area contributed by atoms with E-state index in [4.69, 9.17) is 9.47 Å². The second-order valence-electron chi connectivity index (χ2n) is 5.24. The molecule has 2 aromatic rings. The maximum absolute atomic E-state index is 13.1. The largest absolute Gasteiger partial charge is 0.548 e. The Hall–Kier alpha value is -2.74. The van der Waals surface area contributed by atoms with E-state index < -0.39 is 22.5 Å². The standard InChI is InChI=1S/C17H19NO6S/c1-12-4-9-15(24-3)16(10-12)25(21,22)18(11-17(19)20)13-5-7-14(23-2)8-6-13/h4-10H,11H2,1-3H3,(H,19,20)/p-1. The molecule has 0 saturated heterocycles. The van der Waals surface area contributed by atoms with E-state index >= 15 is 0 Å². The molecule has 0 saturated carbocycles. The highest BCUT2D eigenvalue weighted by Gasteiger charge is 2.28. The minimum Gasteiger partial charge on any atom is -0.548 e. The van der Waals surface area contributed by atoms with Gasteiger partial charge < -0.3 is 19.4 Å². The number of carboxylic acid groups (broad SMARTS) is 1. The van der Waals surface area contributed by atoms with Gasteiger partial charge in [0.1, 0.15) is 16.4 Å². The Balaban J connectivity index is 2.59. The first-order chi connectivity index (χ1) is 11.8. The Morgan fingerprint density at radius 1 is 1.08 bits per heavy atom. The monoisotopic (exact) mass is 364 g/mol. The number of nitrogens with zero attached hydrogens (tertiary/aromatic N) is 1. The van der Waals surface area contributed by atoms with Gasteiger partial charge in [-0.1, -0.05) is 6.07 Å². The van der Waals surface area contributed by atoms with Crippen molar-refractivity contribution in [3.63, 3.8) is 0 Å². The maximum Gasteiger partial charge on any atom is 0.268 e. The Labute approximate surface area is 146 Å². The van der Waals surface area contributed by atoms with Gasteiger partial charge in [0, 0.05) is 0 Å². The number of sulfonamides is 1. The van der Waals surface area contributed by atoms with Crippen molar-refractivity contribution in [2.75, 3.05) is 25.1 Å². The second-order valence-corrected chi connectivity index (χ2v) is 7.07. The molecular formula is C17H18NO6S-. The smallest absolute Gasteiger partial charge is 0.268 e. The lowest BCUT2D eigenvalue weighted by atomic mass is 10.2. The number of aryl methyl sites for hydroxylation is 1. The van der Waals surface area contributed by atoms with Crippen LogP contribution in [0.3, 0.4) is 0 Å². The predicted octanol–water partition coefficient (Wildman–Crippen LogP) is 0.957. The highest BCUT2D eigenvalue weighted by molar-refractivity contribution is 7.93. The number of carboxylic acids is 1. The van der Waals surface area contributed by atoms with E-state index in [0.29, 0.717) is 11.3 Å². The van der Waals surface area contributed by atoms with Crippen molar-refractivity contribution in [2.24, 2.45) is 0 Å². The molecule has 8 heteroatoms. The lowest BCUT2D eigenvalue weighted by molar-refractivity contribution is -0.303. The van der Waals surface area contributed by atoms with Crippen LogP contribution < -0.4 is 18.9 Å². The molecule has 0 amide bonds. The molecule has 0 N–H and O–H groups in total. The normalized spacial score (nSPS) is 11.0. The first kappa shape index (κ1) is 18.6. The number of hydrogen-bond acceptors (Lipinski definition) is 6. The number of aliphatic carboxylic acids is 1. The number of carbonyl (C=O) groups is 1. The number of ether oxygens (including phenoxy) is 2. The van der Waals surface area contributed by atoms with Crippen molar-refractivity contribution in [2.45, 2.75) is 11.8 Å². The van der Waals surface area contributed by atoms with Crippen LogP contribution in [0.2, 0.25) is 0 Å². The van der Waals surface area contributed by atoms with Crippen molar-refractivity contribution < 1.29 is 27.8 Å². The minimum absolute atomic E-state index is 0.118. The van der Waals surface area contributed by atoms with E-state index in [9.17, 15) is 18.3 Å². The van der Waals surface area contributed by atoms with E-state index in [1.54, 1.807) is 25.1 Å². The third-order valence-corrected chi connectivity index (χ3v) is 5.32. The topological polar surface area (TPSA) is 96.0 Å². The summed E-state index contributed by atoms with van der Waals surface area (Å²) < 4.78 is 37.1. The fraction of sp³-hybridized carbons (Fsp3) is 0.235. The fourth-order valence-electron chi connectivity index (χ4n) is 2.29. The summed E-state index contributed by atoms with van der Waals surface area (Å²) in [6.07, 6.45) is 0. The van der Waals surface area contributed by atoms with Crippen LogP contribution in [-0.2, 0) is 14.8 Å². The first-order valence-electron chi connectivity index (χ1n) is 7.31. The number of benzene rings is 2. The van der Waals surface area contributed by atoms with Crippen molar-refractivity contribution >= 4 is 21.7 Å². The van der Waals surface area contributed by atoms with E-state index in [1.807, 2.05) is 0 Å². The first-order valence-corrected chi connectivity index (χ1v) is 8.75. The predicted molar refractivity (Wildman–Crippen MR) is 90.3 cm³/mol. The summed E-state index contributed by atoms with van der Waals surface area (Å²) in [5.74, 6) is -0.879. The van der Waals surface area contributed by atoms with E-state index in [2.05, 4.69) is 0 Å². The van der Waals surface area contributed by atoms with E-state index in [0.717, 1.165) is 4.31 Å². The molecule has 0 aliphatic carbocycles. The maximum atomic E-state index is 13.1. The van der Waals surface area contributed by atoms with Gasteiger partial charge in [-0.15, -0.1) is 0 Å². The molecule has 0 fully saturated rings. The fourth-order valence-corrected chi connectivity index (χ4v) is 3.94. The lowest BCUT2D eigenvalue weighted by Gasteiger charge is -2.26. The Morgan fingerprint density at radius 2 is 1.72 bits per heavy atom. The van der Waals surface area contributed by atoms with Crippen molar-refractivity contribution in [1.29, 1.82) is 0 Å². The summed E-state index contributed by atoms with van der Waals surface area (Å²) >= 11 is 0. The van der Waals surface area contributed by atoms with Crippen LogP contribution in [0.4, 0.5) is 5.69 Å². The molecule has 7 nitrogen and oxygen atoms in total. The molecule has 0 aliphatic heterocycles. The third kappa shape index (κ3) is 4.03. The summed E-state index contributed by atoms with van der Waals surface area (Å²) in [6.45, 7) is 0.903.